The lowest BCUT2D eigenvalue weighted by Gasteiger charge is -2.11. The summed E-state index contributed by atoms with van der Waals surface area (Å²) in [4.78, 5) is 20.3. The van der Waals surface area contributed by atoms with Crippen LogP contribution in [0.1, 0.15) is 28.9 Å². The van der Waals surface area contributed by atoms with Crippen molar-refractivity contribution in [3.63, 3.8) is 0 Å². The van der Waals surface area contributed by atoms with Crippen LogP contribution in [0.25, 0.3) is 22.4 Å². The molecule has 0 aliphatic rings. The standard InChI is InChI=1S/C19H19F3N4O4/c1-9(8-27)24-17(28)16-13(7-23)30-18(26-16)11-3-5-12(29-2)15-10(11)4-6-14(25-15)19(20,21)22/h3-6,9,27H,7-8,23H2,1-2H3,(H,24,28)/t9-/m0/s1. The van der Waals surface area contributed by atoms with E-state index in [2.05, 4.69) is 15.3 Å². The van der Waals surface area contributed by atoms with Crippen molar-refractivity contribution in [2.45, 2.75) is 25.7 Å². The number of nitrogens with one attached hydrogen (secondary N) is 1. The number of oxazole rings is 1. The minimum atomic E-state index is -4.63. The second kappa shape index (κ2) is 8.28. The highest BCUT2D eigenvalue weighted by atomic mass is 19.4. The van der Waals surface area contributed by atoms with Crippen LogP contribution < -0.4 is 15.8 Å². The summed E-state index contributed by atoms with van der Waals surface area (Å²) in [6, 6.07) is 4.54. The Balaban J connectivity index is 2.14. The zero-order chi connectivity index (χ0) is 22.1. The normalized spacial score (nSPS) is 12.8. The summed E-state index contributed by atoms with van der Waals surface area (Å²) < 4.78 is 50.0. The minimum Gasteiger partial charge on any atom is -0.494 e. The van der Waals surface area contributed by atoms with Gasteiger partial charge in [0.05, 0.1) is 20.3 Å². The van der Waals surface area contributed by atoms with Gasteiger partial charge in [0.2, 0.25) is 5.89 Å². The van der Waals surface area contributed by atoms with Crippen molar-refractivity contribution in [2.24, 2.45) is 5.73 Å². The molecule has 3 rings (SSSR count). The van der Waals surface area contributed by atoms with Gasteiger partial charge in [-0.3, -0.25) is 4.79 Å². The number of alkyl halides is 3. The highest BCUT2D eigenvalue weighted by molar-refractivity contribution is 5.98. The van der Waals surface area contributed by atoms with Crippen LogP contribution in [0.5, 0.6) is 5.75 Å². The molecule has 1 amide bonds. The maximum atomic E-state index is 13.1. The highest BCUT2D eigenvalue weighted by Gasteiger charge is 2.33. The number of benzene rings is 1. The number of hydrogen-bond acceptors (Lipinski definition) is 7. The molecular weight excluding hydrogens is 405 g/mol. The van der Waals surface area contributed by atoms with Gasteiger partial charge in [-0.2, -0.15) is 13.2 Å². The number of fused-ring (bicyclic) bond motifs is 1. The number of carbonyl (C=O) groups excluding carboxylic acids is 1. The minimum absolute atomic E-state index is 0.00790. The molecule has 0 spiro atoms. The lowest BCUT2D eigenvalue weighted by atomic mass is 10.1. The number of amides is 1. The third kappa shape index (κ3) is 4.07. The Morgan fingerprint density at radius 2 is 2.03 bits per heavy atom. The molecule has 0 bridgehead atoms. The number of aromatic nitrogens is 2. The first-order valence-electron chi connectivity index (χ1n) is 8.86. The predicted octanol–water partition coefficient (Wildman–Crippen LogP) is 2.49. The molecule has 8 nitrogen and oxygen atoms in total. The van der Waals surface area contributed by atoms with Gasteiger partial charge in [-0.15, -0.1) is 0 Å². The molecule has 2 heterocycles. The lowest BCUT2D eigenvalue weighted by molar-refractivity contribution is -0.140. The molecule has 0 saturated heterocycles. The van der Waals surface area contributed by atoms with Crippen LogP contribution in [-0.2, 0) is 12.7 Å². The van der Waals surface area contributed by atoms with E-state index >= 15 is 0 Å². The summed E-state index contributed by atoms with van der Waals surface area (Å²) in [7, 11) is 1.32. The first-order valence-corrected chi connectivity index (χ1v) is 8.86. The number of methoxy groups -OCH3 is 1. The van der Waals surface area contributed by atoms with Crippen molar-refractivity contribution in [2.75, 3.05) is 13.7 Å². The van der Waals surface area contributed by atoms with Crippen molar-refractivity contribution in [1.29, 1.82) is 0 Å². The highest BCUT2D eigenvalue weighted by Crippen LogP contribution is 2.36. The summed E-state index contributed by atoms with van der Waals surface area (Å²) in [5.41, 5.74) is 4.79. The van der Waals surface area contributed by atoms with E-state index in [9.17, 15) is 18.0 Å². The van der Waals surface area contributed by atoms with Crippen LogP contribution in [0.15, 0.2) is 28.7 Å². The van der Waals surface area contributed by atoms with E-state index in [1.54, 1.807) is 13.0 Å². The van der Waals surface area contributed by atoms with Gasteiger partial charge in [-0.1, -0.05) is 0 Å². The summed E-state index contributed by atoms with van der Waals surface area (Å²) in [5.74, 6) is -0.370. The number of carbonyl (C=O) groups is 1. The predicted molar refractivity (Wildman–Crippen MR) is 101 cm³/mol. The van der Waals surface area contributed by atoms with E-state index in [1.807, 2.05) is 0 Å². The van der Waals surface area contributed by atoms with E-state index in [0.29, 0.717) is 10.9 Å². The number of hydrogen-bond donors (Lipinski definition) is 3. The van der Waals surface area contributed by atoms with Crippen molar-refractivity contribution in [3.8, 4) is 17.2 Å². The molecule has 0 unspecified atom stereocenters. The van der Waals surface area contributed by atoms with Gasteiger partial charge in [-0.05, 0) is 31.2 Å². The SMILES string of the molecule is COc1ccc(-c2nc(C(=O)N[C@@H](C)CO)c(CN)o2)c2ccc(C(F)(F)F)nc12. The van der Waals surface area contributed by atoms with Crippen LogP contribution in [0.3, 0.4) is 0 Å². The molecule has 0 saturated carbocycles. The summed E-state index contributed by atoms with van der Waals surface area (Å²) >= 11 is 0. The molecule has 1 aromatic carbocycles. The first kappa shape index (κ1) is 21.5. The Labute approximate surface area is 168 Å². The molecule has 160 valence electrons. The van der Waals surface area contributed by atoms with Gasteiger partial charge in [0.15, 0.2) is 11.5 Å². The number of nitrogens with two attached hydrogens (primary N) is 1. The zero-order valence-electron chi connectivity index (χ0n) is 16.1. The molecule has 0 fully saturated rings. The van der Waals surface area contributed by atoms with Crippen molar-refractivity contribution in [1.82, 2.24) is 15.3 Å². The fourth-order valence-electron chi connectivity index (χ4n) is 2.82. The Bertz CT molecular complexity index is 1080. The maximum Gasteiger partial charge on any atom is 0.433 e. The van der Waals surface area contributed by atoms with Crippen LogP contribution >= 0.6 is 0 Å². The molecule has 4 N–H and O–H groups in total. The molecule has 0 radical (unpaired) electrons. The quantitative estimate of drug-likeness (QED) is 0.555. The topological polar surface area (TPSA) is 124 Å². The van der Waals surface area contributed by atoms with Crippen LogP contribution in [0.4, 0.5) is 13.2 Å². The van der Waals surface area contributed by atoms with E-state index < -0.39 is 23.8 Å². The molecule has 30 heavy (non-hydrogen) atoms. The Kier molecular flexibility index (Phi) is 5.94. The largest absolute Gasteiger partial charge is 0.494 e. The summed E-state index contributed by atoms with van der Waals surface area (Å²) in [6.07, 6.45) is -4.63. The summed E-state index contributed by atoms with van der Waals surface area (Å²) in [6.45, 7) is 1.19. The smallest absolute Gasteiger partial charge is 0.433 e. The number of rotatable bonds is 6. The second-order valence-electron chi connectivity index (χ2n) is 6.46. The van der Waals surface area contributed by atoms with Gasteiger partial charge in [-0.25, -0.2) is 9.97 Å². The Morgan fingerprint density at radius 3 is 2.63 bits per heavy atom. The summed E-state index contributed by atoms with van der Waals surface area (Å²) in [5, 5.41) is 11.9. The number of halogens is 3. The van der Waals surface area contributed by atoms with Crippen molar-refractivity contribution in [3.05, 3.63) is 41.4 Å². The van der Waals surface area contributed by atoms with Gasteiger partial charge >= 0.3 is 6.18 Å². The molecule has 0 aliphatic carbocycles. The van der Waals surface area contributed by atoms with Crippen molar-refractivity contribution >= 4 is 16.8 Å². The van der Waals surface area contributed by atoms with E-state index in [4.69, 9.17) is 20.0 Å². The first-order chi connectivity index (χ1) is 14.2. The molecule has 2 aromatic heterocycles. The number of pyridine rings is 1. The van der Waals surface area contributed by atoms with E-state index in [1.165, 1.54) is 19.2 Å². The third-order valence-corrected chi connectivity index (χ3v) is 4.31. The van der Waals surface area contributed by atoms with Crippen molar-refractivity contribution < 1.29 is 32.2 Å². The monoisotopic (exact) mass is 424 g/mol. The van der Waals surface area contributed by atoms with E-state index in [0.717, 1.165) is 6.07 Å². The van der Waals surface area contributed by atoms with Gasteiger partial charge in [0.25, 0.3) is 5.91 Å². The van der Waals surface area contributed by atoms with Gasteiger partial charge < -0.3 is 25.3 Å². The molecule has 0 aliphatic heterocycles. The zero-order valence-corrected chi connectivity index (χ0v) is 16.1. The molecule has 11 heteroatoms. The van der Waals surface area contributed by atoms with Crippen LogP contribution in [0.2, 0.25) is 0 Å². The second-order valence-corrected chi connectivity index (χ2v) is 6.46. The maximum absolute atomic E-state index is 13.1. The number of aliphatic hydroxyl groups excluding tert-OH is 1. The fraction of sp³-hybridized carbons (Fsp3) is 0.316. The van der Waals surface area contributed by atoms with Crippen LogP contribution in [0, 0.1) is 0 Å². The number of ether oxygens (including phenoxy) is 1. The van der Waals surface area contributed by atoms with Crippen LogP contribution in [-0.4, -0.2) is 40.7 Å². The Hall–Kier alpha value is -3.18. The molecule has 1 atom stereocenters. The molecular formula is C19H19F3N4O4. The average Bonchev–Trinajstić information content (AvgIpc) is 3.16. The number of aliphatic hydroxyl groups is 1. The Morgan fingerprint density at radius 1 is 1.30 bits per heavy atom. The fourth-order valence-corrected chi connectivity index (χ4v) is 2.82. The lowest BCUT2D eigenvalue weighted by Crippen LogP contribution is -2.35. The third-order valence-electron chi connectivity index (χ3n) is 4.31. The van der Waals surface area contributed by atoms with E-state index in [-0.39, 0.29) is 41.8 Å². The number of nitrogens with zero attached hydrogens (tertiary/aromatic N) is 2. The average molecular weight is 424 g/mol. The molecule has 3 aromatic rings. The van der Waals surface area contributed by atoms with Gasteiger partial charge in [0.1, 0.15) is 17.0 Å². The van der Waals surface area contributed by atoms with Gasteiger partial charge in [0, 0.05) is 17.0 Å².